The van der Waals surface area contributed by atoms with Gasteiger partial charge in [-0.3, -0.25) is 0 Å². The molecular weight excluding hydrogens is 247 g/mol. The first-order valence-electron chi connectivity index (χ1n) is 5.81. The standard InChI is InChI=1S/C11H14F3N3O/c12-11(13,14)9-4-6-16-10(17-9)15-5-3-8-2-1-7-18-8/h4,6,8H,1-3,5,7H2,(H,15,16,17). The van der Waals surface area contributed by atoms with Gasteiger partial charge in [0.05, 0.1) is 6.10 Å². The molecule has 7 heteroatoms. The third kappa shape index (κ3) is 3.56. The summed E-state index contributed by atoms with van der Waals surface area (Å²) >= 11 is 0. The molecule has 1 saturated heterocycles. The highest BCUT2D eigenvalue weighted by atomic mass is 19.4. The molecule has 0 bridgehead atoms. The molecular formula is C11H14F3N3O. The van der Waals surface area contributed by atoms with Crippen LogP contribution in [0.4, 0.5) is 19.1 Å². The molecule has 4 nitrogen and oxygen atoms in total. The minimum atomic E-state index is -4.44. The molecule has 18 heavy (non-hydrogen) atoms. The Labute approximate surface area is 103 Å². The molecule has 1 atom stereocenters. The molecule has 0 spiro atoms. The van der Waals surface area contributed by atoms with E-state index in [2.05, 4.69) is 15.3 Å². The Bertz CT molecular complexity index is 391. The quantitative estimate of drug-likeness (QED) is 0.904. The second-order valence-corrected chi connectivity index (χ2v) is 4.11. The SMILES string of the molecule is FC(F)(F)c1ccnc(NCCC2CCCO2)n1. The van der Waals surface area contributed by atoms with E-state index in [1.54, 1.807) is 0 Å². The summed E-state index contributed by atoms with van der Waals surface area (Å²) in [5, 5.41) is 2.78. The van der Waals surface area contributed by atoms with Crippen molar-refractivity contribution in [3.63, 3.8) is 0 Å². The van der Waals surface area contributed by atoms with Gasteiger partial charge in [0.25, 0.3) is 0 Å². The Kier molecular flexibility index (Phi) is 4.00. The smallest absolute Gasteiger partial charge is 0.378 e. The molecule has 2 rings (SSSR count). The third-order valence-electron chi connectivity index (χ3n) is 2.72. The minimum Gasteiger partial charge on any atom is -0.378 e. The highest BCUT2D eigenvalue weighted by Crippen LogP contribution is 2.27. The number of anilines is 1. The van der Waals surface area contributed by atoms with Crippen molar-refractivity contribution in [3.8, 4) is 0 Å². The highest BCUT2D eigenvalue weighted by Gasteiger charge is 2.32. The molecule has 2 heterocycles. The van der Waals surface area contributed by atoms with E-state index >= 15 is 0 Å². The predicted molar refractivity (Wildman–Crippen MR) is 59.1 cm³/mol. The van der Waals surface area contributed by atoms with E-state index in [9.17, 15) is 13.2 Å². The summed E-state index contributed by atoms with van der Waals surface area (Å²) < 4.78 is 42.6. The molecule has 1 fully saturated rings. The minimum absolute atomic E-state index is 0.00261. The van der Waals surface area contributed by atoms with Crippen LogP contribution in [-0.2, 0) is 10.9 Å². The molecule has 100 valence electrons. The van der Waals surface area contributed by atoms with Gasteiger partial charge in [0.1, 0.15) is 5.69 Å². The fourth-order valence-corrected chi connectivity index (χ4v) is 1.82. The maximum atomic E-state index is 12.4. The van der Waals surface area contributed by atoms with Crippen molar-refractivity contribution < 1.29 is 17.9 Å². The lowest BCUT2D eigenvalue weighted by atomic mass is 10.2. The molecule has 1 unspecified atom stereocenters. The van der Waals surface area contributed by atoms with Crippen LogP contribution < -0.4 is 5.32 Å². The van der Waals surface area contributed by atoms with Crippen molar-refractivity contribution in [1.29, 1.82) is 0 Å². The number of aromatic nitrogens is 2. The Morgan fingerprint density at radius 2 is 2.28 bits per heavy atom. The van der Waals surface area contributed by atoms with Crippen molar-refractivity contribution >= 4 is 5.95 Å². The topological polar surface area (TPSA) is 47.0 Å². The van der Waals surface area contributed by atoms with Crippen LogP contribution in [0, 0.1) is 0 Å². The first-order chi connectivity index (χ1) is 8.55. The van der Waals surface area contributed by atoms with Crippen LogP contribution in [0.25, 0.3) is 0 Å². The summed E-state index contributed by atoms with van der Waals surface area (Å²) in [6.07, 6.45) is -0.337. The lowest BCUT2D eigenvalue weighted by Crippen LogP contribution is -2.15. The van der Waals surface area contributed by atoms with E-state index in [0.717, 1.165) is 38.1 Å². The van der Waals surface area contributed by atoms with Crippen LogP contribution in [0.15, 0.2) is 12.3 Å². The molecule has 1 aliphatic heterocycles. The summed E-state index contributed by atoms with van der Waals surface area (Å²) in [5.41, 5.74) is -0.933. The first kappa shape index (κ1) is 13.1. The number of hydrogen-bond acceptors (Lipinski definition) is 4. The first-order valence-corrected chi connectivity index (χ1v) is 5.81. The lowest BCUT2D eigenvalue weighted by molar-refractivity contribution is -0.141. The van der Waals surface area contributed by atoms with Gasteiger partial charge < -0.3 is 10.1 Å². The summed E-state index contributed by atoms with van der Waals surface area (Å²) in [5.74, 6) is 0.00261. The van der Waals surface area contributed by atoms with E-state index in [0.29, 0.717) is 6.54 Å². The molecule has 0 saturated carbocycles. The molecule has 1 N–H and O–H groups in total. The summed E-state index contributed by atoms with van der Waals surface area (Å²) in [6, 6.07) is 0.852. The molecule has 0 aliphatic carbocycles. The zero-order valence-corrected chi connectivity index (χ0v) is 9.70. The van der Waals surface area contributed by atoms with Crippen LogP contribution in [0.3, 0.4) is 0 Å². The normalized spacial score (nSPS) is 20.1. The van der Waals surface area contributed by atoms with Crippen LogP contribution in [0.2, 0.25) is 0 Å². The summed E-state index contributed by atoms with van der Waals surface area (Å²) in [4.78, 5) is 7.17. The molecule has 1 aliphatic rings. The van der Waals surface area contributed by atoms with Gasteiger partial charge in [-0.05, 0) is 25.3 Å². The van der Waals surface area contributed by atoms with Gasteiger partial charge in [-0.25, -0.2) is 9.97 Å². The average molecular weight is 261 g/mol. The average Bonchev–Trinajstić information content (AvgIpc) is 2.81. The number of nitrogens with zero attached hydrogens (tertiary/aromatic N) is 2. The highest BCUT2D eigenvalue weighted by molar-refractivity contribution is 5.25. The fraction of sp³-hybridized carbons (Fsp3) is 0.636. The lowest BCUT2D eigenvalue weighted by Gasteiger charge is -2.11. The van der Waals surface area contributed by atoms with E-state index in [4.69, 9.17) is 4.74 Å². The summed E-state index contributed by atoms with van der Waals surface area (Å²) in [6.45, 7) is 1.27. The van der Waals surface area contributed by atoms with Gasteiger partial charge in [-0.15, -0.1) is 0 Å². The van der Waals surface area contributed by atoms with Crippen molar-refractivity contribution in [1.82, 2.24) is 9.97 Å². The number of nitrogens with one attached hydrogen (secondary N) is 1. The number of alkyl halides is 3. The Hall–Kier alpha value is -1.37. The third-order valence-corrected chi connectivity index (χ3v) is 2.72. The van der Waals surface area contributed by atoms with E-state index in [1.165, 1.54) is 0 Å². The zero-order chi connectivity index (χ0) is 13.0. The van der Waals surface area contributed by atoms with Gasteiger partial charge in [-0.1, -0.05) is 0 Å². The number of ether oxygens (including phenoxy) is 1. The Balaban J connectivity index is 1.85. The van der Waals surface area contributed by atoms with Gasteiger partial charge in [-0.2, -0.15) is 13.2 Å². The van der Waals surface area contributed by atoms with Crippen LogP contribution in [0.5, 0.6) is 0 Å². The van der Waals surface area contributed by atoms with Crippen molar-refractivity contribution in [3.05, 3.63) is 18.0 Å². The van der Waals surface area contributed by atoms with Crippen molar-refractivity contribution in [2.24, 2.45) is 0 Å². The zero-order valence-electron chi connectivity index (χ0n) is 9.70. The van der Waals surface area contributed by atoms with E-state index < -0.39 is 11.9 Å². The van der Waals surface area contributed by atoms with Gasteiger partial charge in [0.15, 0.2) is 0 Å². The molecule has 0 aromatic carbocycles. The van der Waals surface area contributed by atoms with Gasteiger partial charge in [0, 0.05) is 19.3 Å². The summed E-state index contributed by atoms with van der Waals surface area (Å²) in [7, 11) is 0. The largest absolute Gasteiger partial charge is 0.433 e. The van der Waals surface area contributed by atoms with Gasteiger partial charge in [0.2, 0.25) is 5.95 Å². The predicted octanol–water partition coefficient (Wildman–Crippen LogP) is 2.48. The van der Waals surface area contributed by atoms with Gasteiger partial charge >= 0.3 is 6.18 Å². The number of hydrogen-bond donors (Lipinski definition) is 1. The van der Waals surface area contributed by atoms with Crippen LogP contribution in [-0.4, -0.2) is 29.2 Å². The van der Waals surface area contributed by atoms with E-state index in [1.807, 2.05) is 0 Å². The maximum Gasteiger partial charge on any atom is 0.433 e. The maximum absolute atomic E-state index is 12.4. The molecule has 0 amide bonds. The molecule has 1 aromatic heterocycles. The van der Waals surface area contributed by atoms with E-state index in [-0.39, 0.29) is 12.1 Å². The monoisotopic (exact) mass is 261 g/mol. The second-order valence-electron chi connectivity index (χ2n) is 4.11. The molecule has 0 radical (unpaired) electrons. The second kappa shape index (κ2) is 5.51. The number of halogens is 3. The Morgan fingerprint density at radius 3 is 2.94 bits per heavy atom. The number of rotatable bonds is 4. The molecule has 1 aromatic rings. The van der Waals surface area contributed by atoms with Crippen LogP contribution in [0.1, 0.15) is 25.0 Å². The van der Waals surface area contributed by atoms with Crippen molar-refractivity contribution in [2.75, 3.05) is 18.5 Å². The fourth-order valence-electron chi connectivity index (χ4n) is 1.82. The Morgan fingerprint density at radius 1 is 1.44 bits per heavy atom. The van der Waals surface area contributed by atoms with Crippen LogP contribution >= 0.6 is 0 Å². The van der Waals surface area contributed by atoms with Crippen molar-refractivity contribution in [2.45, 2.75) is 31.5 Å².